The average molecular weight is 1950 g/mol. The number of carbonyl (C=O) groups excluding carboxylic acids is 1. The number of unbranched alkanes of at least 4 members (excludes halogenated alkanes) is 2. The van der Waals surface area contributed by atoms with Crippen LogP contribution < -0.4 is 11.1 Å². The second-order valence-electron chi connectivity index (χ2n) is 35.8. The number of ether oxygens (including phenoxy) is 20. The van der Waals surface area contributed by atoms with E-state index >= 15 is 0 Å². The van der Waals surface area contributed by atoms with Crippen LogP contribution >= 0.6 is 0 Å². The van der Waals surface area contributed by atoms with Gasteiger partial charge in [0.15, 0.2) is 25.2 Å². The Hall–Kier alpha value is -10.8. The fourth-order valence-corrected chi connectivity index (χ4v) is 17.3. The first-order chi connectivity index (χ1) is 70.5. The SMILES string of the molecule is CCCCN.CCCCNC(C)=O.COC1OC(COCc2ccccc2)C(OCc2ccccc2)C(OCc2ccccc2)C1OC1OC(COCc2ccccc2)C(OCc2ccccc2)C(OCc2ccccc2)C1OC1OC(COCc2ccccc2)C(OCc2ccccc2)C(OCc2ccccc2)C1OC1OC(COCc2ccccc2)C(OCc2ccccc2)C(OCc2ccccc2)C1O. The van der Waals surface area contributed by atoms with Gasteiger partial charge in [0.25, 0.3) is 0 Å². The summed E-state index contributed by atoms with van der Waals surface area (Å²) in [5.41, 5.74) is 15.8. The lowest BCUT2D eigenvalue weighted by Gasteiger charge is -2.52. The Labute approximate surface area is 842 Å². The van der Waals surface area contributed by atoms with Crippen LogP contribution in [-0.4, -0.2) is 180 Å². The average Bonchev–Trinajstić information content (AvgIpc) is 0.732. The third-order valence-electron chi connectivity index (χ3n) is 24.8. The van der Waals surface area contributed by atoms with Gasteiger partial charge in [0.2, 0.25) is 5.91 Å². The van der Waals surface area contributed by atoms with Crippen LogP contribution in [0.15, 0.2) is 364 Å². The fraction of sp³-hybridized carbons (Fsp3) is 0.387. The predicted octanol–water partition coefficient (Wildman–Crippen LogP) is 19.3. The van der Waals surface area contributed by atoms with E-state index in [2.05, 4.69) is 19.2 Å². The Bertz CT molecular complexity index is 5350. The molecule has 0 aliphatic carbocycles. The van der Waals surface area contributed by atoms with Gasteiger partial charge in [0, 0.05) is 20.6 Å². The normalized spacial score (nSPS) is 24.2. The van der Waals surface area contributed by atoms with Crippen molar-refractivity contribution in [2.45, 2.75) is 249 Å². The number of hydrogen-bond acceptors (Lipinski definition) is 23. The number of aliphatic hydroxyl groups excluding tert-OH is 1. The van der Waals surface area contributed by atoms with Crippen LogP contribution in [0.1, 0.15) is 113 Å². The molecular weight excluding hydrogens is 1810 g/mol. The molecule has 0 radical (unpaired) electrons. The monoisotopic (exact) mass is 1950 g/mol. The van der Waals surface area contributed by atoms with E-state index in [0.29, 0.717) is 0 Å². The van der Waals surface area contributed by atoms with Crippen LogP contribution in [0, 0.1) is 0 Å². The van der Waals surface area contributed by atoms with Gasteiger partial charge in [-0.05, 0) is 86.1 Å². The van der Waals surface area contributed by atoms with Gasteiger partial charge in [-0.25, -0.2) is 0 Å². The minimum atomic E-state index is -1.63. The smallest absolute Gasteiger partial charge is 0.216 e. The first kappa shape index (κ1) is 108. The number of aliphatic hydroxyl groups is 1. The van der Waals surface area contributed by atoms with Gasteiger partial charge >= 0.3 is 0 Å². The zero-order valence-electron chi connectivity index (χ0n) is 82.3. The van der Waals surface area contributed by atoms with Crippen molar-refractivity contribution in [3.8, 4) is 0 Å². The standard InChI is InChI=1S/C109H116O21.C6H13NO.C4H11N/c1-111-107-103(100(121-71-87-56-32-11-33-57-87)96(117-67-83-48-24-7-25-49-83)91(125-107)75-113-63-79-40-16-3-17-41-79)129-109-105(102(123-73-89-60-36-13-37-61-89)98(119-69-85-52-28-9-29-53-85)93(127-109)77-115-65-81-44-20-5-21-45-81)130-108-104(101(122-72-88-58-34-12-35-59-88)97(118-68-84-50-26-8-27-51-84)92(126-108)76-114-64-80-42-18-4-19-43-80)128-106-94(110)99(120-70-86-54-30-10-31-55-86)95(116-66-82-46-22-6-23-47-82)90(124-106)74-112-62-78-38-14-2-15-39-78;1-3-4-5-7-6(2)8;1-2-3-4-5/h2-61,90-110H,62-77H2,1H3;3-5H2,1-2H3,(H,7,8);2-5H2,1H3. The van der Waals surface area contributed by atoms with E-state index in [4.69, 9.17) is 100 Å². The molecule has 12 aromatic rings. The van der Waals surface area contributed by atoms with Crippen LogP contribution in [0.5, 0.6) is 0 Å². The van der Waals surface area contributed by atoms with Crippen molar-refractivity contribution in [2.24, 2.45) is 5.73 Å². The van der Waals surface area contributed by atoms with Crippen molar-refractivity contribution in [1.29, 1.82) is 0 Å². The lowest BCUT2D eigenvalue weighted by molar-refractivity contribution is -0.416. The minimum Gasteiger partial charge on any atom is -0.385 e. The van der Waals surface area contributed by atoms with Gasteiger partial charge in [0.1, 0.15) is 97.7 Å². The first-order valence-electron chi connectivity index (χ1n) is 50.0. The molecule has 20 unspecified atom stereocenters. The molecule has 4 aliphatic rings. The Kier molecular flexibility index (Phi) is 46.0. The van der Waals surface area contributed by atoms with Crippen molar-refractivity contribution in [3.63, 3.8) is 0 Å². The summed E-state index contributed by atoms with van der Waals surface area (Å²) in [4.78, 5) is 10.2. The summed E-state index contributed by atoms with van der Waals surface area (Å²) in [6.07, 6.45) is -19.8. The maximum Gasteiger partial charge on any atom is 0.216 e. The number of nitrogens with one attached hydrogen (secondary N) is 1. The Balaban J connectivity index is 0.00000117. The summed E-state index contributed by atoms with van der Waals surface area (Å²) >= 11 is 0. The number of benzene rings is 12. The molecule has 758 valence electrons. The van der Waals surface area contributed by atoms with Gasteiger partial charge in [-0.1, -0.05) is 391 Å². The molecule has 0 saturated carbocycles. The number of methoxy groups -OCH3 is 1. The lowest BCUT2D eigenvalue weighted by atomic mass is 9.94. The van der Waals surface area contributed by atoms with Crippen LogP contribution in [-0.2, 0) is 179 Å². The molecule has 4 aliphatic heterocycles. The van der Waals surface area contributed by atoms with E-state index in [1.807, 2.05) is 364 Å². The molecule has 0 aromatic heterocycles. The molecular formula is C119H140N2O22. The van der Waals surface area contributed by atoms with Crippen molar-refractivity contribution in [1.82, 2.24) is 5.32 Å². The second-order valence-corrected chi connectivity index (χ2v) is 35.8. The van der Waals surface area contributed by atoms with E-state index in [1.165, 1.54) is 19.8 Å². The predicted molar refractivity (Wildman–Crippen MR) is 544 cm³/mol. The largest absolute Gasteiger partial charge is 0.385 e. The number of rotatable bonds is 52. The summed E-state index contributed by atoms with van der Waals surface area (Å²) in [5.74, 6) is 0.0680. The molecule has 20 atom stereocenters. The zero-order chi connectivity index (χ0) is 98.9. The van der Waals surface area contributed by atoms with Crippen LogP contribution in [0.2, 0.25) is 0 Å². The molecule has 4 fully saturated rings. The van der Waals surface area contributed by atoms with Gasteiger partial charge in [-0.3, -0.25) is 4.79 Å². The quantitative estimate of drug-likeness (QED) is 0.0299. The number of carbonyl (C=O) groups is 1. The lowest BCUT2D eigenvalue weighted by Crippen LogP contribution is -2.69. The molecule has 0 bridgehead atoms. The molecule has 4 heterocycles. The molecule has 4 saturated heterocycles. The van der Waals surface area contributed by atoms with Crippen molar-refractivity contribution in [2.75, 3.05) is 46.6 Å². The molecule has 16 rings (SSSR count). The van der Waals surface area contributed by atoms with Crippen molar-refractivity contribution >= 4 is 5.91 Å². The highest BCUT2D eigenvalue weighted by atomic mass is 16.8. The molecule has 4 N–H and O–H groups in total. The minimum absolute atomic E-state index is 0.0144. The maximum absolute atomic E-state index is 13.8. The molecule has 1 amide bonds. The third-order valence-corrected chi connectivity index (χ3v) is 24.8. The molecule has 24 heteroatoms. The zero-order valence-corrected chi connectivity index (χ0v) is 82.3. The van der Waals surface area contributed by atoms with E-state index in [0.717, 1.165) is 92.7 Å². The Morgan fingerprint density at radius 2 is 0.462 bits per heavy atom. The third kappa shape index (κ3) is 35.0. The van der Waals surface area contributed by atoms with E-state index < -0.39 is 123 Å². The van der Waals surface area contributed by atoms with Crippen LogP contribution in [0.3, 0.4) is 0 Å². The summed E-state index contributed by atoms with van der Waals surface area (Å²) < 4.78 is 147. The van der Waals surface area contributed by atoms with Gasteiger partial charge in [-0.2, -0.15) is 0 Å². The van der Waals surface area contributed by atoms with E-state index in [1.54, 1.807) is 7.11 Å². The fourth-order valence-electron chi connectivity index (χ4n) is 17.3. The molecule has 0 spiro atoms. The second kappa shape index (κ2) is 60.9. The summed E-state index contributed by atoms with van der Waals surface area (Å²) in [5, 5.41) is 16.6. The van der Waals surface area contributed by atoms with Crippen LogP contribution in [0.25, 0.3) is 0 Å². The summed E-state index contributed by atoms with van der Waals surface area (Å²) in [6.45, 7) is 8.80. The summed E-state index contributed by atoms with van der Waals surface area (Å²) in [6, 6.07) is 119. The van der Waals surface area contributed by atoms with E-state index in [9.17, 15) is 9.90 Å². The summed E-state index contributed by atoms with van der Waals surface area (Å²) in [7, 11) is 1.57. The topological polar surface area (TPSA) is 260 Å². The highest BCUT2D eigenvalue weighted by Crippen LogP contribution is 2.42. The number of hydrogen-bond donors (Lipinski definition) is 3. The Morgan fingerprint density at radius 3 is 0.678 bits per heavy atom. The van der Waals surface area contributed by atoms with Crippen LogP contribution in [0.4, 0.5) is 0 Å². The number of nitrogens with two attached hydrogens (primary N) is 1. The molecule has 12 aromatic carbocycles. The van der Waals surface area contributed by atoms with E-state index in [-0.39, 0.29) is 112 Å². The highest BCUT2D eigenvalue weighted by Gasteiger charge is 2.60. The van der Waals surface area contributed by atoms with Crippen molar-refractivity contribution < 1.29 is 105 Å². The van der Waals surface area contributed by atoms with Gasteiger partial charge in [0.05, 0.1) is 106 Å². The number of amides is 1. The van der Waals surface area contributed by atoms with Gasteiger partial charge in [-0.15, -0.1) is 0 Å². The first-order valence-corrected chi connectivity index (χ1v) is 50.0. The van der Waals surface area contributed by atoms with Gasteiger partial charge < -0.3 is 111 Å². The Morgan fingerprint density at radius 1 is 0.266 bits per heavy atom. The highest BCUT2D eigenvalue weighted by molar-refractivity contribution is 5.72. The maximum atomic E-state index is 13.8. The van der Waals surface area contributed by atoms with Crippen molar-refractivity contribution in [3.05, 3.63) is 431 Å². The molecule has 143 heavy (non-hydrogen) atoms. The molecule has 24 nitrogen and oxygen atoms in total.